The molecule has 2 aliphatic rings. The molecule has 1 fully saturated rings. The fourth-order valence-electron chi connectivity index (χ4n) is 6.16. The lowest BCUT2D eigenvalue weighted by atomic mass is 9.50. The summed E-state index contributed by atoms with van der Waals surface area (Å²) in [6, 6.07) is 16.2. The Balaban J connectivity index is 1.77. The minimum atomic E-state index is -1.44. The highest BCUT2D eigenvalue weighted by Gasteiger charge is 2.63. The fourth-order valence-corrected chi connectivity index (χ4v) is 6.16. The van der Waals surface area contributed by atoms with Crippen LogP contribution in [0, 0.1) is 11.3 Å². The average Bonchev–Trinajstić information content (AvgIpc) is 3.48. The molecule has 1 N–H and O–H groups in total. The van der Waals surface area contributed by atoms with Gasteiger partial charge < -0.3 is 14.5 Å². The SMILES string of the molecule is C=C[C@@H]1CC(C(=O)OCC)(C(=O)OCC)C[C@H](c2c[nH]c3ccccc23)[C@]12C=Nc1ccccc12. The number of H-pyrrole nitrogens is 1. The third kappa shape index (κ3) is 3.34. The molecule has 1 aliphatic carbocycles. The first-order chi connectivity index (χ1) is 17.0. The number of hydrogen-bond acceptors (Lipinski definition) is 5. The van der Waals surface area contributed by atoms with E-state index in [1.165, 1.54) is 0 Å². The van der Waals surface area contributed by atoms with Crippen LogP contribution < -0.4 is 0 Å². The van der Waals surface area contributed by atoms with Gasteiger partial charge in [0.25, 0.3) is 0 Å². The van der Waals surface area contributed by atoms with E-state index in [-0.39, 0.29) is 37.9 Å². The van der Waals surface area contributed by atoms with Crippen LogP contribution in [0.4, 0.5) is 5.69 Å². The summed E-state index contributed by atoms with van der Waals surface area (Å²) in [5, 5.41) is 1.06. The van der Waals surface area contributed by atoms with Gasteiger partial charge in [-0.3, -0.25) is 14.6 Å². The number of esters is 2. The van der Waals surface area contributed by atoms with Crippen molar-refractivity contribution in [1.82, 2.24) is 4.98 Å². The van der Waals surface area contributed by atoms with E-state index in [0.717, 1.165) is 27.7 Å². The molecular formula is C29H30N2O4. The summed E-state index contributed by atoms with van der Waals surface area (Å²) in [5.74, 6) is -1.57. The highest BCUT2D eigenvalue weighted by atomic mass is 16.6. The van der Waals surface area contributed by atoms with E-state index in [2.05, 4.69) is 23.7 Å². The van der Waals surface area contributed by atoms with Gasteiger partial charge in [0.15, 0.2) is 5.41 Å². The molecule has 0 amide bonds. The predicted octanol–water partition coefficient (Wildman–Crippen LogP) is 5.61. The Kier molecular flexibility index (Phi) is 5.83. The number of aromatic amines is 1. The number of carbonyl (C=O) groups is 2. The van der Waals surface area contributed by atoms with E-state index in [1.54, 1.807) is 13.8 Å². The molecule has 1 saturated carbocycles. The highest BCUT2D eigenvalue weighted by molar-refractivity contribution is 6.02. The van der Waals surface area contributed by atoms with Crippen molar-refractivity contribution in [2.45, 2.75) is 38.0 Å². The van der Waals surface area contributed by atoms with Crippen molar-refractivity contribution >= 4 is 34.7 Å². The van der Waals surface area contributed by atoms with Crippen LogP contribution in [0.5, 0.6) is 0 Å². The summed E-state index contributed by atoms with van der Waals surface area (Å²) >= 11 is 0. The van der Waals surface area contributed by atoms with E-state index in [4.69, 9.17) is 14.5 Å². The molecule has 3 aromatic rings. The third-order valence-electron chi connectivity index (χ3n) is 7.71. The van der Waals surface area contributed by atoms with Gasteiger partial charge in [0.1, 0.15) is 0 Å². The third-order valence-corrected chi connectivity index (χ3v) is 7.71. The zero-order valence-electron chi connectivity index (χ0n) is 20.1. The fraction of sp³-hybridized carbons (Fsp3) is 0.345. The highest BCUT2D eigenvalue weighted by Crippen LogP contribution is 2.62. The van der Waals surface area contributed by atoms with Crippen molar-refractivity contribution in [1.29, 1.82) is 0 Å². The van der Waals surface area contributed by atoms with Crippen molar-refractivity contribution in [2.75, 3.05) is 13.2 Å². The van der Waals surface area contributed by atoms with Gasteiger partial charge >= 0.3 is 11.9 Å². The number of carbonyl (C=O) groups excluding carboxylic acids is 2. The Morgan fingerprint density at radius 2 is 1.74 bits per heavy atom. The van der Waals surface area contributed by atoms with E-state index in [1.807, 2.05) is 54.9 Å². The van der Waals surface area contributed by atoms with Gasteiger partial charge in [0, 0.05) is 34.6 Å². The van der Waals surface area contributed by atoms with Crippen LogP contribution in [-0.4, -0.2) is 36.4 Å². The monoisotopic (exact) mass is 470 g/mol. The first-order valence-corrected chi connectivity index (χ1v) is 12.2. The number of benzene rings is 2. The van der Waals surface area contributed by atoms with Crippen LogP contribution in [0.3, 0.4) is 0 Å². The number of allylic oxidation sites excluding steroid dienone is 1. The molecule has 6 heteroatoms. The molecule has 0 radical (unpaired) electrons. The molecule has 1 spiro atoms. The summed E-state index contributed by atoms with van der Waals surface area (Å²) in [6.07, 6.45) is 6.36. The number of aromatic nitrogens is 1. The van der Waals surface area contributed by atoms with Crippen molar-refractivity contribution in [3.63, 3.8) is 0 Å². The molecule has 2 heterocycles. The van der Waals surface area contributed by atoms with Crippen LogP contribution in [0.25, 0.3) is 10.9 Å². The molecule has 0 unspecified atom stereocenters. The van der Waals surface area contributed by atoms with Gasteiger partial charge in [-0.25, -0.2) is 0 Å². The van der Waals surface area contributed by atoms with Crippen molar-refractivity contribution in [2.24, 2.45) is 16.3 Å². The summed E-state index contributed by atoms with van der Waals surface area (Å²) in [7, 11) is 0. The lowest BCUT2D eigenvalue weighted by molar-refractivity contribution is -0.177. The molecule has 6 nitrogen and oxygen atoms in total. The molecule has 1 aliphatic heterocycles. The maximum absolute atomic E-state index is 13.5. The Morgan fingerprint density at radius 3 is 2.46 bits per heavy atom. The Bertz CT molecular complexity index is 1300. The number of ether oxygens (including phenoxy) is 2. The minimum Gasteiger partial charge on any atom is -0.465 e. The number of hydrogen-bond donors (Lipinski definition) is 1. The quantitative estimate of drug-likeness (QED) is 0.288. The van der Waals surface area contributed by atoms with Gasteiger partial charge in [0.2, 0.25) is 0 Å². The smallest absolute Gasteiger partial charge is 0.323 e. The molecule has 0 saturated heterocycles. The zero-order chi connectivity index (χ0) is 24.6. The van der Waals surface area contributed by atoms with Crippen LogP contribution in [0.2, 0.25) is 0 Å². The first kappa shape index (κ1) is 23.1. The number of nitrogens with one attached hydrogen (secondary N) is 1. The van der Waals surface area contributed by atoms with Gasteiger partial charge in [0.05, 0.1) is 18.9 Å². The van der Waals surface area contributed by atoms with Gasteiger partial charge in [-0.2, -0.15) is 0 Å². The molecular weight excluding hydrogens is 440 g/mol. The maximum atomic E-state index is 13.5. The van der Waals surface area contributed by atoms with Crippen molar-refractivity contribution in [3.8, 4) is 0 Å². The van der Waals surface area contributed by atoms with Crippen LogP contribution >= 0.6 is 0 Å². The number of aliphatic imine (C=N–C) groups is 1. The number of rotatable bonds is 6. The zero-order valence-corrected chi connectivity index (χ0v) is 20.1. The average molecular weight is 471 g/mol. The Labute approximate surface area is 205 Å². The predicted molar refractivity (Wildman–Crippen MR) is 136 cm³/mol. The summed E-state index contributed by atoms with van der Waals surface area (Å²) in [5.41, 5.74) is 2.02. The minimum absolute atomic E-state index is 0.186. The van der Waals surface area contributed by atoms with Crippen LogP contribution in [0.15, 0.2) is 72.4 Å². The molecule has 2 aromatic carbocycles. The number of para-hydroxylation sites is 2. The molecule has 0 bridgehead atoms. The molecule has 5 rings (SSSR count). The summed E-state index contributed by atoms with van der Waals surface area (Å²) in [4.78, 5) is 35.2. The second-order valence-corrected chi connectivity index (χ2v) is 9.32. The first-order valence-electron chi connectivity index (χ1n) is 12.2. The van der Waals surface area contributed by atoms with Crippen molar-refractivity contribution in [3.05, 3.63) is 78.5 Å². The van der Waals surface area contributed by atoms with Crippen LogP contribution in [-0.2, 0) is 24.5 Å². The lowest BCUT2D eigenvalue weighted by Crippen LogP contribution is -2.55. The largest absolute Gasteiger partial charge is 0.465 e. The second kappa shape index (κ2) is 8.84. The molecule has 3 atom stereocenters. The summed E-state index contributed by atoms with van der Waals surface area (Å²) in [6.45, 7) is 8.04. The Hall–Kier alpha value is -3.67. The van der Waals surface area contributed by atoms with E-state index in [9.17, 15) is 9.59 Å². The standard InChI is InChI=1S/C29H30N2O4/c1-4-19-15-28(26(32)34-5-2,27(33)35-6-3)16-23(21-17-30-24-13-9-7-11-20(21)24)29(19)18-31-25-14-10-8-12-22(25)29/h4,7-14,17-19,23,30H,1,5-6,15-16H2,2-3H3/t19-,23-,29-/m1/s1. The number of nitrogens with zero attached hydrogens (tertiary/aromatic N) is 1. The normalized spacial score (nSPS) is 24.3. The molecule has 35 heavy (non-hydrogen) atoms. The summed E-state index contributed by atoms with van der Waals surface area (Å²) < 4.78 is 11.0. The lowest BCUT2D eigenvalue weighted by Gasteiger charge is -2.51. The Morgan fingerprint density at radius 1 is 1.06 bits per heavy atom. The molecule has 180 valence electrons. The second-order valence-electron chi connectivity index (χ2n) is 9.32. The van der Waals surface area contributed by atoms with Gasteiger partial charge in [-0.15, -0.1) is 6.58 Å². The molecule has 1 aromatic heterocycles. The van der Waals surface area contributed by atoms with E-state index < -0.39 is 22.8 Å². The number of fused-ring (bicyclic) bond motifs is 3. The van der Waals surface area contributed by atoms with E-state index in [0.29, 0.717) is 0 Å². The van der Waals surface area contributed by atoms with Crippen molar-refractivity contribution < 1.29 is 19.1 Å². The van der Waals surface area contributed by atoms with E-state index >= 15 is 0 Å². The topological polar surface area (TPSA) is 80.8 Å². The van der Waals surface area contributed by atoms with Crippen LogP contribution in [0.1, 0.15) is 43.7 Å². The van der Waals surface area contributed by atoms with Gasteiger partial charge in [-0.05, 0) is 55.9 Å². The van der Waals surface area contributed by atoms with Gasteiger partial charge in [-0.1, -0.05) is 42.5 Å². The maximum Gasteiger partial charge on any atom is 0.323 e.